The second kappa shape index (κ2) is 17.0. The van der Waals surface area contributed by atoms with E-state index in [0.29, 0.717) is 28.6 Å². The van der Waals surface area contributed by atoms with Crippen LogP contribution in [0.5, 0.6) is 0 Å². The van der Waals surface area contributed by atoms with Gasteiger partial charge >= 0.3 is 17.8 Å². The van der Waals surface area contributed by atoms with E-state index in [9.17, 15) is 24.3 Å². The van der Waals surface area contributed by atoms with Crippen molar-refractivity contribution < 1.29 is 43.0 Å². The molecule has 5 aromatic rings. The third kappa shape index (κ3) is 6.37. The molecule has 2 aromatic heterocycles. The summed E-state index contributed by atoms with van der Waals surface area (Å²) in [4.78, 5) is 70.0. The van der Waals surface area contributed by atoms with Crippen molar-refractivity contribution in [3.63, 3.8) is 0 Å². The van der Waals surface area contributed by atoms with Crippen LogP contribution in [0.4, 0.5) is 0 Å². The maximum Gasteiger partial charge on any atom is 0.552 e. The van der Waals surface area contributed by atoms with Crippen LogP contribution in [0.25, 0.3) is 23.8 Å². The number of esters is 1. The Hall–Kier alpha value is -7.24. The minimum Gasteiger partial charge on any atom is -0.481 e. The van der Waals surface area contributed by atoms with Gasteiger partial charge in [0.2, 0.25) is 11.6 Å². The van der Waals surface area contributed by atoms with E-state index >= 15 is 4.79 Å². The van der Waals surface area contributed by atoms with E-state index in [1.807, 2.05) is 68.4 Å². The average molecular weight is 970 g/mol. The van der Waals surface area contributed by atoms with Gasteiger partial charge in [-0.15, -0.1) is 0 Å². The largest absolute Gasteiger partial charge is 0.552 e. The highest BCUT2D eigenvalue weighted by atomic mass is 31.2. The Balaban J connectivity index is 1.09. The molecular formula is C57H58N6O7P+3. The van der Waals surface area contributed by atoms with Crippen molar-refractivity contribution in [2.24, 2.45) is 23.7 Å². The summed E-state index contributed by atoms with van der Waals surface area (Å²) in [6.07, 6.45) is 7.83. The molecule has 360 valence electrons. The number of hydrogen-bond acceptors (Lipinski definition) is 6. The number of aromatic nitrogens is 2. The summed E-state index contributed by atoms with van der Waals surface area (Å²) in [6, 6.07) is 31.0. The molecule has 71 heavy (non-hydrogen) atoms. The Labute approximate surface area is 412 Å². The lowest BCUT2D eigenvalue weighted by molar-refractivity contribution is -0.838. The fourth-order valence-corrected chi connectivity index (χ4v) is 17.5. The van der Waals surface area contributed by atoms with E-state index in [2.05, 4.69) is 105 Å². The lowest BCUT2D eigenvalue weighted by Gasteiger charge is -2.39. The van der Waals surface area contributed by atoms with Crippen molar-refractivity contribution in [3.8, 4) is 0 Å². The molecule has 0 fully saturated rings. The van der Waals surface area contributed by atoms with Gasteiger partial charge in [-0.05, 0) is 81.1 Å². The second-order valence-electron chi connectivity index (χ2n) is 19.7. The number of hydrazine groups is 1. The Morgan fingerprint density at radius 1 is 0.732 bits per heavy atom. The summed E-state index contributed by atoms with van der Waals surface area (Å²) in [5.74, 6) is -4.22. The van der Waals surface area contributed by atoms with Crippen LogP contribution in [-0.4, -0.2) is 77.6 Å². The van der Waals surface area contributed by atoms with E-state index in [0.717, 1.165) is 67.1 Å². The smallest absolute Gasteiger partial charge is 0.481 e. The average Bonchev–Trinajstić information content (AvgIpc) is 4.04. The molecule has 0 unspecified atom stereocenters. The molecule has 0 saturated carbocycles. The van der Waals surface area contributed by atoms with Gasteiger partial charge in [-0.1, -0.05) is 84.5 Å². The fraction of sp³-hybridized carbons (Fsp3) is 0.316. The van der Waals surface area contributed by atoms with Crippen molar-refractivity contribution in [3.05, 3.63) is 147 Å². The van der Waals surface area contributed by atoms with E-state index in [-0.39, 0.29) is 66.6 Å². The number of nitrogens with one attached hydrogen (secondary N) is 2. The van der Waals surface area contributed by atoms with Crippen LogP contribution in [0.15, 0.2) is 102 Å². The third-order valence-corrected chi connectivity index (χ3v) is 20.7. The molecule has 8 heterocycles. The first-order valence-electron chi connectivity index (χ1n) is 24.7. The number of allylic oxidation sites excluding steroid dienone is 2. The van der Waals surface area contributed by atoms with Crippen molar-refractivity contribution in [2.75, 3.05) is 13.3 Å². The van der Waals surface area contributed by atoms with E-state index in [1.54, 1.807) is 6.92 Å². The minimum absolute atomic E-state index is 0.0483. The van der Waals surface area contributed by atoms with Gasteiger partial charge in [0.25, 0.3) is 5.91 Å². The fourth-order valence-electron chi connectivity index (χ4n) is 13.3. The molecule has 6 aliphatic heterocycles. The highest BCUT2D eigenvalue weighted by Crippen LogP contribution is 2.58. The zero-order valence-corrected chi connectivity index (χ0v) is 42.0. The standard InChI is InChI=1S/C57H55N6O7P/c1-8-40-32(2)43-31-48-52(36(6)64)34(4)45-29-44-33(3)41(24-25-50(66)67)54-42(28-51(68)70-7)55-53(35(5)46-30-47(40)60(43)57(61(45)48,62(44)54)63(46)55)56(69)59-58-49(65)26-27-71(37-18-12-9-13-19-37,38-20-14-10-15-21-38)39-22-16-11-17-23-39/h9-23,29-33,40-41H,8,24-28H2,1-7H3/p+3/t32-,33+,40-,41+,57-/m1/s1. The molecule has 13 nitrogen and oxygen atoms in total. The molecule has 0 radical (unpaired) electrons. The molecule has 2 amide bonds. The van der Waals surface area contributed by atoms with E-state index in [4.69, 9.17) is 4.74 Å². The van der Waals surface area contributed by atoms with Gasteiger partial charge in [0.15, 0.2) is 22.9 Å². The molecule has 11 rings (SSSR count). The van der Waals surface area contributed by atoms with E-state index < -0.39 is 31.0 Å². The maximum atomic E-state index is 15.4. The number of nitrogens with zero attached hydrogens (tertiary/aromatic N) is 4. The van der Waals surface area contributed by atoms with Gasteiger partial charge in [0.1, 0.15) is 23.2 Å². The predicted octanol–water partition coefficient (Wildman–Crippen LogP) is 5.31. The highest BCUT2D eigenvalue weighted by Gasteiger charge is 2.76. The number of methoxy groups -OCH3 is 1. The number of benzene rings is 3. The zero-order chi connectivity index (χ0) is 49.8. The van der Waals surface area contributed by atoms with Gasteiger partial charge in [-0.3, -0.25) is 34.8 Å². The first-order valence-corrected chi connectivity index (χ1v) is 26.6. The molecule has 6 aliphatic rings. The molecule has 14 heteroatoms. The maximum absolute atomic E-state index is 15.4. The first kappa shape index (κ1) is 46.2. The molecule has 0 bridgehead atoms. The third-order valence-electron chi connectivity index (χ3n) is 16.3. The van der Waals surface area contributed by atoms with E-state index in [1.165, 1.54) is 7.11 Å². The first-order chi connectivity index (χ1) is 34.2. The number of carbonyl (C=O) groups is 5. The summed E-state index contributed by atoms with van der Waals surface area (Å²) in [5.41, 5.74) is 13.6. The van der Waals surface area contributed by atoms with Crippen LogP contribution < -0.4 is 37.5 Å². The monoisotopic (exact) mass is 969 g/mol. The Kier molecular flexibility index (Phi) is 11.0. The van der Waals surface area contributed by atoms with Crippen LogP contribution >= 0.6 is 7.26 Å². The number of Topliss-reactive ketones (excluding diaryl/α,β-unsaturated/α-hetero) is 1. The number of carboxylic acids is 1. The Morgan fingerprint density at radius 3 is 1.87 bits per heavy atom. The van der Waals surface area contributed by atoms with Gasteiger partial charge < -0.3 is 9.84 Å². The van der Waals surface area contributed by atoms with Gasteiger partial charge in [-0.25, -0.2) is 0 Å². The number of carbonyl (C=O) groups excluding carboxylic acids is 4. The van der Waals surface area contributed by atoms with Crippen LogP contribution in [-0.2, 0) is 25.0 Å². The number of ketones is 1. The quantitative estimate of drug-likeness (QED) is 0.0448. The van der Waals surface area contributed by atoms with Crippen LogP contribution in [0, 0.1) is 37.5 Å². The number of aliphatic carboxylic acids is 1. The Morgan fingerprint density at radius 2 is 1.31 bits per heavy atom. The van der Waals surface area contributed by atoms with Crippen molar-refractivity contribution in [2.45, 2.75) is 79.6 Å². The summed E-state index contributed by atoms with van der Waals surface area (Å²) in [7, 11) is -1.04. The summed E-state index contributed by atoms with van der Waals surface area (Å²) in [5, 5.41) is 15.2. The summed E-state index contributed by atoms with van der Waals surface area (Å²) < 4.78 is 14.5. The van der Waals surface area contributed by atoms with Gasteiger partial charge in [-0.2, -0.15) is 9.13 Å². The summed E-state index contributed by atoms with van der Waals surface area (Å²) >= 11 is 0. The van der Waals surface area contributed by atoms with Gasteiger partial charge in [0, 0.05) is 30.2 Å². The van der Waals surface area contributed by atoms with Crippen molar-refractivity contribution in [1.82, 2.24) is 20.0 Å². The molecule has 3 N–H and O–H groups in total. The van der Waals surface area contributed by atoms with Crippen LogP contribution in [0.1, 0.15) is 103 Å². The predicted molar refractivity (Wildman–Crippen MR) is 275 cm³/mol. The lowest BCUT2D eigenvalue weighted by Crippen LogP contribution is -2.70. The summed E-state index contributed by atoms with van der Waals surface area (Å²) in [6.45, 7) is 12.0. The van der Waals surface area contributed by atoms with Crippen LogP contribution in [0.2, 0.25) is 0 Å². The molecule has 5 atom stereocenters. The number of amides is 2. The number of carboxylic acid groups (broad SMARTS) is 1. The molecule has 3 aromatic carbocycles. The second-order valence-corrected chi connectivity index (χ2v) is 23.4. The molecule has 0 saturated heterocycles. The van der Waals surface area contributed by atoms with Crippen LogP contribution in [0.3, 0.4) is 0 Å². The number of rotatable bonds is 14. The molecule has 1 spiro atoms. The number of hydrogen-bond donors (Lipinski definition) is 3. The van der Waals surface area contributed by atoms with Crippen molar-refractivity contribution >= 4 is 87.9 Å². The Bertz CT molecular complexity index is 3360. The highest BCUT2D eigenvalue weighted by molar-refractivity contribution is 7.95. The topological polar surface area (TPSA) is 155 Å². The number of ether oxygens (including phenoxy) is 1. The molecular weight excluding hydrogens is 912 g/mol. The zero-order valence-electron chi connectivity index (χ0n) is 41.1. The normalized spacial score (nSPS) is 21.8. The molecule has 0 aliphatic carbocycles. The van der Waals surface area contributed by atoms with Gasteiger partial charge in [0.05, 0.1) is 83.0 Å². The van der Waals surface area contributed by atoms with Crippen molar-refractivity contribution in [1.29, 1.82) is 0 Å². The SMILES string of the molecule is CC[C@H]1C2=Cc3c(C)c(C(=O)NNC(=O)CC[P+](c4ccccc4)(c4ccccc4)c4ccccc4)c4n3[C@@]35n6c(c(C)c(C(C)=O)c6=CC(=[N+]23)[C@@H]1C)=CC1=[N+]5C(=C4CC(=O)OC)[C@@H](CCC(=O)O)[C@@H]1C. The minimum atomic E-state index is -2.38. The lowest BCUT2D eigenvalue weighted by atomic mass is 9.83.